The van der Waals surface area contributed by atoms with Crippen LogP contribution in [-0.4, -0.2) is 34.8 Å². The van der Waals surface area contributed by atoms with Crippen molar-refractivity contribution in [3.8, 4) is 0 Å². The number of rotatable bonds is 5. The molecule has 2 aromatic rings. The van der Waals surface area contributed by atoms with Crippen molar-refractivity contribution >= 4 is 23.3 Å². The van der Waals surface area contributed by atoms with Gasteiger partial charge in [-0.3, -0.25) is 0 Å². The lowest BCUT2D eigenvalue weighted by Gasteiger charge is -2.29. The van der Waals surface area contributed by atoms with Gasteiger partial charge in [-0.15, -0.1) is 0 Å². The van der Waals surface area contributed by atoms with Crippen molar-refractivity contribution in [3.05, 3.63) is 59.0 Å². The Morgan fingerprint density at radius 2 is 2.00 bits per heavy atom. The van der Waals surface area contributed by atoms with E-state index in [9.17, 15) is 4.79 Å². The fraction of sp³-hybridized carbons (Fsp3) is 0.400. The first-order chi connectivity index (χ1) is 12.8. The van der Waals surface area contributed by atoms with Gasteiger partial charge in [-0.2, -0.15) is 0 Å². The normalized spacial score (nSPS) is 16.6. The van der Waals surface area contributed by atoms with Crippen LogP contribution in [0.5, 0.6) is 0 Å². The lowest BCUT2D eigenvalue weighted by atomic mass is 10.1. The maximum Gasteiger partial charge on any atom is 0.318 e. The van der Waals surface area contributed by atoms with Gasteiger partial charge >= 0.3 is 6.03 Å². The van der Waals surface area contributed by atoms with E-state index in [1.54, 1.807) is 17.0 Å². The molecule has 7 heteroatoms. The molecule has 0 spiro atoms. The summed E-state index contributed by atoms with van der Waals surface area (Å²) >= 11 is 5.83. The van der Waals surface area contributed by atoms with Gasteiger partial charge in [-0.25, -0.2) is 4.79 Å². The summed E-state index contributed by atoms with van der Waals surface area (Å²) in [4.78, 5) is 20.1. The maximum absolute atomic E-state index is 12.8. The maximum atomic E-state index is 12.8. The lowest BCUT2D eigenvalue weighted by molar-refractivity contribution is 0.0580. The fourth-order valence-electron chi connectivity index (χ4n) is 2.81. The van der Waals surface area contributed by atoms with E-state index in [0.29, 0.717) is 36.2 Å². The molecule has 1 aliphatic rings. The summed E-state index contributed by atoms with van der Waals surface area (Å²) in [7, 11) is 0. The highest BCUT2D eigenvalue weighted by molar-refractivity contribution is 6.29. The SMILES string of the molecule is CC(C)(C)NC(=O)N(Cc1ccccc1)C[C@H]1CC(c2ccc(Cl)o2)=NO1. The van der Waals surface area contributed by atoms with E-state index in [-0.39, 0.29) is 17.7 Å². The third kappa shape index (κ3) is 5.50. The quantitative estimate of drug-likeness (QED) is 0.822. The zero-order valence-electron chi connectivity index (χ0n) is 15.7. The van der Waals surface area contributed by atoms with Crippen LogP contribution in [0.3, 0.4) is 0 Å². The van der Waals surface area contributed by atoms with Crippen LogP contribution in [0, 0.1) is 0 Å². The Kier molecular flexibility index (Phi) is 5.75. The number of nitrogens with one attached hydrogen (secondary N) is 1. The number of halogens is 1. The molecule has 27 heavy (non-hydrogen) atoms. The van der Waals surface area contributed by atoms with Crippen LogP contribution in [-0.2, 0) is 11.4 Å². The number of carbonyl (C=O) groups is 1. The van der Waals surface area contributed by atoms with Crippen molar-refractivity contribution < 1.29 is 14.0 Å². The minimum atomic E-state index is -0.324. The highest BCUT2D eigenvalue weighted by Gasteiger charge is 2.29. The van der Waals surface area contributed by atoms with Crippen LogP contribution in [0.4, 0.5) is 4.79 Å². The molecule has 0 fully saturated rings. The number of furan rings is 1. The molecule has 0 unspecified atom stereocenters. The summed E-state index contributed by atoms with van der Waals surface area (Å²) in [6.45, 7) is 6.78. The Morgan fingerprint density at radius 3 is 2.63 bits per heavy atom. The first-order valence-corrected chi connectivity index (χ1v) is 9.27. The van der Waals surface area contributed by atoms with Gasteiger partial charge in [0.15, 0.2) is 17.1 Å². The predicted molar refractivity (Wildman–Crippen MR) is 105 cm³/mol. The van der Waals surface area contributed by atoms with Gasteiger partial charge < -0.3 is 19.5 Å². The molecule has 1 N–H and O–H groups in total. The van der Waals surface area contributed by atoms with Crippen LogP contribution in [0.1, 0.15) is 38.5 Å². The van der Waals surface area contributed by atoms with E-state index in [1.807, 2.05) is 51.1 Å². The second-order valence-corrected chi connectivity index (χ2v) is 7.99. The van der Waals surface area contributed by atoms with E-state index >= 15 is 0 Å². The Bertz CT molecular complexity index is 811. The second-order valence-electron chi connectivity index (χ2n) is 7.62. The van der Waals surface area contributed by atoms with Crippen molar-refractivity contribution in [3.63, 3.8) is 0 Å². The van der Waals surface area contributed by atoms with Gasteiger partial charge in [-0.1, -0.05) is 35.5 Å². The molecule has 0 bridgehead atoms. The highest BCUT2D eigenvalue weighted by Crippen LogP contribution is 2.22. The molecular formula is C20H24ClN3O3. The standard InChI is InChI=1S/C20H24ClN3O3/c1-20(2,3)22-19(25)24(12-14-7-5-4-6-8-14)13-15-11-16(23-27-15)17-9-10-18(21)26-17/h4-10,15H,11-13H2,1-3H3,(H,22,25)/t15-/m1/s1. The zero-order chi connectivity index (χ0) is 19.4. The van der Waals surface area contributed by atoms with Crippen molar-refractivity contribution in [1.29, 1.82) is 0 Å². The number of nitrogens with zero attached hydrogens (tertiary/aromatic N) is 2. The topological polar surface area (TPSA) is 67.1 Å². The molecule has 2 heterocycles. The Hall–Kier alpha value is -2.47. The average Bonchev–Trinajstić information content (AvgIpc) is 3.22. The molecule has 0 saturated heterocycles. The van der Waals surface area contributed by atoms with Crippen molar-refractivity contribution in [2.45, 2.75) is 45.4 Å². The molecular weight excluding hydrogens is 366 g/mol. The predicted octanol–water partition coefficient (Wildman–Crippen LogP) is 4.44. The number of hydrogen-bond acceptors (Lipinski definition) is 4. The van der Waals surface area contributed by atoms with Crippen LogP contribution in [0.15, 0.2) is 52.0 Å². The van der Waals surface area contributed by atoms with Gasteiger partial charge in [0.05, 0.1) is 6.54 Å². The molecule has 0 aliphatic carbocycles. The minimum Gasteiger partial charge on any atom is -0.443 e. The fourth-order valence-corrected chi connectivity index (χ4v) is 2.96. The summed E-state index contributed by atoms with van der Waals surface area (Å²) < 4.78 is 5.39. The number of urea groups is 1. The number of oxime groups is 1. The molecule has 0 radical (unpaired) electrons. The molecule has 1 aliphatic heterocycles. The number of amides is 2. The smallest absolute Gasteiger partial charge is 0.318 e. The van der Waals surface area contributed by atoms with Crippen molar-refractivity contribution in [2.75, 3.05) is 6.54 Å². The van der Waals surface area contributed by atoms with E-state index in [2.05, 4.69) is 10.5 Å². The zero-order valence-corrected chi connectivity index (χ0v) is 16.5. The minimum absolute atomic E-state index is 0.135. The molecule has 6 nitrogen and oxygen atoms in total. The third-order valence-electron chi connectivity index (χ3n) is 4.00. The van der Waals surface area contributed by atoms with Gasteiger partial charge in [0.25, 0.3) is 0 Å². The molecule has 3 rings (SSSR count). The van der Waals surface area contributed by atoms with Crippen molar-refractivity contribution in [1.82, 2.24) is 10.2 Å². The van der Waals surface area contributed by atoms with Crippen LogP contribution >= 0.6 is 11.6 Å². The lowest BCUT2D eigenvalue weighted by Crippen LogP contribution is -2.50. The second kappa shape index (κ2) is 8.05. The van der Waals surface area contributed by atoms with Crippen molar-refractivity contribution in [2.24, 2.45) is 5.16 Å². The van der Waals surface area contributed by atoms with Gasteiger partial charge in [0.1, 0.15) is 5.71 Å². The Labute approximate surface area is 164 Å². The first kappa shape index (κ1) is 19.3. The van der Waals surface area contributed by atoms with Crippen LogP contribution < -0.4 is 5.32 Å². The summed E-state index contributed by atoms with van der Waals surface area (Å²) in [6.07, 6.45) is 0.316. The van der Waals surface area contributed by atoms with E-state index in [4.69, 9.17) is 20.9 Å². The van der Waals surface area contributed by atoms with E-state index < -0.39 is 0 Å². The van der Waals surface area contributed by atoms with E-state index in [1.165, 1.54) is 0 Å². The molecule has 144 valence electrons. The Balaban J connectivity index is 1.67. The van der Waals surface area contributed by atoms with E-state index in [0.717, 1.165) is 5.56 Å². The van der Waals surface area contributed by atoms with Gasteiger partial charge in [0, 0.05) is 18.5 Å². The summed E-state index contributed by atoms with van der Waals surface area (Å²) in [5.74, 6) is 0.594. The molecule has 0 saturated carbocycles. The average molecular weight is 390 g/mol. The molecule has 1 atom stereocenters. The summed E-state index contributed by atoms with van der Waals surface area (Å²) in [5, 5.41) is 7.43. The Morgan fingerprint density at radius 1 is 1.26 bits per heavy atom. The largest absolute Gasteiger partial charge is 0.443 e. The number of benzene rings is 1. The molecule has 1 aromatic heterocycles. The van der Waals surface area contributed by atoms with Gasteiger partial charge in [-0.05, 0) is 50.1 Å². The van der Waals surface area contributed by atoms with Crippen LogP contribution in [0.25, 0.3) is 0 Å². The number of carbonyl (C=O) groups excluding carboxylic acids is 1. The number of hydrogen-bond donors (Lipinski definition) is 1. The van der Waals surface area contributed by atoms with Gasteiger partial charge in [0.2, 0.25) is 0 Å². The first-order valence-electron chi connectivity index (χ1n) is 8.89. The molecule has 1 aromatic carbocycles. The summed E-state index contributed by atoms with van der Waals surface area (Å²) in [6, 6.07) is 13.2. The molecule has 2 amide bonds. The highest BCUT2D eigenvalue weighted by atomic mass is 35.5. The summed E-state index contributed by atoms with van der Waals surface area (Å²) in [5.41, 5.74) is 1.43. The third-order valence-corrected chi connectivity index (χ3v) is 4.20. The van der Waals surface area contributed by atoms with Crippen LogP contribution in [0.2, 0.25) is 5.22 Å². The monoisotopic (exact) mass is 389 g/mol.